The molecule has 0 aliphatic carbocycles. The van der Waals surface area contributed by atoms with Crippen LogP contribution in [0.15, 0.2) is 6.33 Å². The molecule has 1 aliphatic rings. The van der Waals surface area contributed by atoms with E-state index < -0.39 is 0 Å². The number of nitrogens with zero attached hydrogens (tertiary/aromatic N) is 2. The van der Waals surface area contributed by atoms with E-state index in [9.17, 15) is 0 Å². The standard InChI is InChI=1S/C9H15N5OS/c1-15-7-8(11-5-12-9(7)14-10)13-6-2-3-16-4-6/h5-6H,2-4,10H2,1H3,(H2,11,12,13,14). The zero-order chi connectivity index (χ0) is 11.4. The van der Waals surface area contributed by atoms with Crippen molar-refractivity contribution in [2.24, 2.45) is 5.84 Å². The summed E-state index contributed by atoms with van der Waals surface area (Å²) in [5.41, 5.74) is 2.49. The SMILES string of the molecule is COc1c(NN)ncnc1NC1CCSC1. The van der Waals surface area contributed by atoms with Crippen molar-refractivity contribution < 1.29 is 4.74 Å². The Morgan fingerprint density at radius 3 is 2.94 bits per heavy atom. The number of rotatable bonds is 4. The van der Waals surface area contributed by atoms with Crippen LogP contribution >= 0.6 is 11.8 Å². The minimum Gasteiger partial charge on any atom is -0.490 e. The van der Waals surface area contributed by atoms with Crippen LogP contribution in [0.5, 0.6) is 5.75 Å². The lowest BCUT2D eigenvalue weighted by Crippen LogP contribution is -2.20. The van der Waals surface area contributed by atoms with Crippen LogP contribution in [0.3, 0.4) is 0 Å². The maximum atomic E-state index is 5.35. The van der Waals surface area contributed by atoms with Crippen LogP contribution in [0.1, 0.15) is 6.42 Å². The summed E-state index contributed by atoms with van der Waals surface area (Å²) in [7, 11) is 1.58. The average Bonchev–Trinajstić information content (AvgIpc) is 2.81. The summed E-state index contributed by atoms with van der Waals surface area (Å²) in [6.07, 6.45) is 2.60. The third kappa shape index (κ3) is 2.30. The number of nitrogens with one attached hydrogen (secondary N) is 2. The number of thioether (sulfide) groups is 1. The van der Waals surface area contributed by atoms with E-state index in [0.29, 0.717) is 23.4 Å². The second-order valence-electron chi connectivity index (χ2n) is 3.45. The van der Waals surface area contributed by atoms with Gasteiger partial charge in [-0.3, -0.25) is 0 Å². The molecule has 4 N–H and O–H groups in total. The maximum Gasteiger partial charge on any atom is 0.205 e. The fraction of sp³-hybridized carbons (Fsp3) is 0.556. The first-order valence-electron chi connectivity index (χ1n) is 5.05. The smallest absolute Gasteiger partial charge is 0.205 e. The van der Waals surface area contributed by atoms with Crippen molar-refractivity contribution in [1.29, 1.82) is 0 Å². The number of nitrogens with two attached hydrogens (primary N) is 1. The summed E-state index contributed by atoms with van der Waals surface area (Å²) >= 11 is 1.94. The molecule has 1 unspecified atom stereocenters. The molecule has 1 aromatic heterocycles. The third-order valence-corrected chi connectivity index (χ3v) is 3.58. The number of methoxy groups -OCH3 is 1. The summed E-state index contributed by atoms with van der Waals surface area (Å²) < 4.78 is 5.24. The molecular formula is C9H15N5OS. The molecule has 1 aliphatic heterocycles. The van der Waals surface area contributed by atoms with Crippen molar-refractivity contribution in [3.63, 3.8) is 0 Å². The minimum atomic E-state index is 0.444. The van der Waals surface area contributed by atoms with E-state index in [0.717, 1.165) is 12.2 Å². The van der Waals surface area contributed by atoms with Crippen molar-refractivity contribution in [2.75, 3.05) is 29.4 Å². The first-order valence-corrected chi connectivity index (χ1v) is 6.20. The number of nitrogen functional groups attached to an aromatic ring is 1. The largest absolute Gasteiger partial charge is 0.490 e. The van der Waals surface area contributed by atoms with Gasteiger partial charge in [-0.05, 0) is 12.2 Å². The monoisotopic (exact) mass is 241 g/mol. The Kier molecular flexibility index (Phi) is 3.68. The van der Waals surface area contributed by atoms with E-state index in [-0.39, 0.29) is 0 Å². The van der Waals surface area contributed by atoms with Gasteiger partial charge in [-0.1, -0.05) is 0 Å². The molecule has 0 spiro atoms. The van der Waals surface area contributed by atoms with E-state index in [1.807, 2.05) is 11.8 Å². The van der Waals surface area contributed by atoms with E-state index in [2.05, 4.69) is 20.7 Å². The number of ether oxygens (including phenoxy) is 1. The Labute approximate surface area is 98.3 Å². The molecule has 0 bridgehead atoms. The molecule has 0 saturated carbocycles. The molecular weight excluding hydrogens is 226 g/mol. The highest BCUT2D eigenvalue weighted by Gasteiger charge is 2.19. The van der Waals surface area contributed by atoms with Gasteiger partial charge in [-0.25, -0.2) is 15.8 Å². The van der Waals surface area contributed by atoms with E-state index in [1.165, 1.54) is 12.1 Å². The van der Waals surface area contributed by atoms with Gasteiger partial charge in [-0.2, -0.15) is 11.8 Å². The van der Waals surface area contributed by atoms with Crippen LogP contribution in [0, 0.1) is 0 Å². The van der Waals surface area contributed by atoms with Crippen LogP contribution in [0.25, 0.3) is 0 Å². The third-order valence-electron chi connectivity index (χ3n) is 2.42. The second-order valence-corrected chi connectivity index (χ2v) is 4.60. The zero-order valence-corrected chi connectivity index (χ0v) is 9.88. The number of hydrogen-bond donors (Lipinski definition) is 3. The molecule has 88 valence electrons. The zero-order valence-electron chi connectivity index (χ0n) is 9.06. The summed E-state index contributed by atoms with van der Waals surface area (Å²) in [6, 6.07) is 0.444. The lowest BCUT2D eigenvalue weighted by atomic mass is 10.2. The highest BCUT2D eigenvalue weighted by atomic mass is 32.2. The number of aromatic nitrogens is 2. The fourth-order valence-corrected chi connectivity index (χ4v) is 2.77. The van der Waals surface area contributed by atoms with Gasteiger partial charge >= 0.3 is 0 Å². The Bertz CT molecular complexity index is 356. The molecule has 0 radical (unpaired) electrons. The van der Waals surface area contributed by atoms with Crippen molar-refractivity contribution in [3.8, 4) is 5.75 Å². The lowest BCUT2D eigenvalue weighted by molar-refractivity contribution is 0.414. The molecule has 16 heavy (non-hydrogen) atoms. The van der Waals surface area contributed by atoms with Gasteiger partial charge in [0.2, 0.25) is 5.75 Å². The first kappa shape index (κ1) is 11.3. The molecule has 0 amide bonds. The van der Waals surface area contributed by atoms with Gasteiger partial charge < -0.3 is 15.5 Å². The molecule has 1 aromatic rings. The molecule has 1 saturated heterocycles. The molecule has 6 nitrogen and oxygen atoms in total. The molecule has 7 heteroatoms. The lowest BCUT2D eigenvalue weighted by Gasteiger charge is -2.16. The van der Waals surface area contributed by atoms with Crippen molar-refractivity contribution >= 4 is 23.4 Å². The number of anilines is 2. The highest BCUT2D eigenvalue weighted by Crippen LogP contribution is 2.30. The van der Waals surface area contributed by atoms with Gasteiger partial charge in [-0.15, -0.1) is 0 Å². The van der Waals surface area contributed by atoms with Crippen LogP contribution in [0.4, 0.5) is 11.6 Å². The predicted octanol–water partition coefficient (Wildman–Crippen LogP) is 0.688. The Hall–Kier alpha value is -1.21. The minimum absolute atomic E-state index is 0.444. The van der Waals surface area contributed by atoms with Crippen LogP contribution in [0.2, 0.25) is 0 Å². The van der Waals surface area contributed by atoms with Crippen LogP contribution < -0.4 is 21.3 Å². The summed E-state index contributed by atoms with van der Waals surface area (Å²) in [4.78, 5) is 8.16. The van der Waals surface area contributed by atoms with E-state index in [1.54, 1.807) is 7.11 Å². The second kappa shape index (κ2) is 5.22. The van der Waals surface area contributed by atoms with Crippen molar-refractivity contribution in [2.45, 2.75) is 12.5 Å². The first-order chi connectivity index (χ1) is 7.85. The van der Waals surface area contributed by atoms with Crippen LogP contribution in [-0.4, -0.2) is 34.6 Å². The number of hydrazine groups is 1. The van der Waals surface area contributed by atoms with Crippen molar-refractivity contribution in [1.82, 2.24) is 9.97 Å². The Balaban J connectivity index is 2.18. The van der Waals surface area contributed by atoms with E-state index >= 15 is 0 Å². The highest BCUT2D eigenvalue weighted by molar-refractivity contribution is 7.99. The van der Waals surface area contributed by atoms with Gasteiger partial charge in [0.15, 0.2) is 11.6 Å². The quantitative estimate of drug-likeness (QED) is 0.528. The molecule has 2 heterocycles. The Morgan fingerprint density at radius 2 is 2.31 bits per heavy atom. The molecule has 0 aromatic carbocycles. The number of hydrogen-bond acceptors (Lipinski definition) is 7. The summed E-state index contributed by atoms with van der Waals surface area (Å²) in [5.74, 6) is 9.38. The van der Waals surface area contributed by atoms with Gasteiger partial charge in [0.1, 0.15) is 6.33 Å². The van der Waals surface area contributed by atoms with Gasteiger partial charge in [0, 0.05) is 11.8 Å². The van der Waals surface area contributed by atoms with E-state index in [4.69, 9.17) is 10.6 Å². The van der Waals surface area contributed by atoms with Crippen molar-refractivity contribution in [3.05, 3.63) is 6.33 Å². The Morgan fingerprint density at radius 1 is 1.50 bits per heavy atom. The fourth-order valence-electron chi connectivity index (χ4n) is 1.61. The molecule has 1 fully saturated rings. The topological polar surface area (TPSA) is 85.1 Å². The normalized spacial score (nSPS) is 19.5. The average molecular weight is 241 g/mol. The van der Waals surface area contributed by atoms with Crippen LogP contribution in [-0.2, 0) is 0 Å². The predicted molar refractivity (Wildman–Crippen MR) is 65.7 cm³/mol. The summed E-state index contributed by atoms with van der Waals surface area (Å²) in [5, 5.41) is 3.34. The molecule has 1 atom stereocenters. The van der Waals surface area contributed by atoms with Gasteiger partial charge in [0.05, 0.1) is 7.11 Å². The summed E-state index contributed by atoms with van der Waals surface area (Å²) in [6.45, 7) is 0. The van der Waals surface area contributed by atoms with Gasteiger partial charge in [0.25, 0.3) is 0 Å². The maximum absolute atomic E-state index is 5.35. The molecule has 2 rings (SSSR count).